The van der Waals surface area contributed by atoms with Crippen molar-refractivity contribution < 1.29 is 18.7 Å². The summed E-state index contributed by atoms with van der Waals surface area (Å²) < 4.78 is 23.5. The quantitative estimate of drug-likeness (QED) is 0.757. The van der Waals surface area contributed by atoms with E-state index in [9.17, 15) is 9.18 Å². The minimum absolute atomic E-state index is 0.125. The molecule has 0 fully saturated rings. The van der Waals surface area contributed by atoms with Crippen LogP contribution < -0.4 is 4.74 Å². The molecule has 0 aliphatic carbocycles. The molecule has 0 spiro atoms. The van der Waals surface area contributed by atoms with Crippen molar-refractivity contribution in [1.29, 1.82) is 0 Å². The number of rotatable bonds is 3. The van der Waals surface area contributed by atoms with Gasteiger partial charge in [-0.25, -0.2) is 4.39 Å². The van der Waals surface area contributed by atoms with Crippen molar-refractivity contribution >= 4 is 5.78 Å². The molecule has 0 saturated heterocycles. The molecule has 0 unspecified atom stereocenters. The highest BCUT2D eigenvalue weighted by molar-refractivity contribution is 6.07. The van der Waals surface area contributed by atoms with E-state index in [0.717, 1.165) is 12.8 Å². The second-order valence-electron chi connectivity index (χ2n) is 3.74. The summed E-state index contributed by atoms with van der Waals surface area (Å²) in [4.78, 5) is 12.0. The molecule has 90 valence electrons. The zero-order valence-corrected chi connectivity index (χ0v) is 9.53. The average molecular weight is 236 g/mol. The topological polar surface area (TPSA) is 35.5 Å². The largest absolute Gasteiger partial charge is 0.494 e. The predicted molar refractivity (Wildman–Crippen MR) is 60.6 cm³/mol. The first-order valence-electron chi connectivity index (χ1n) is 5.43. The lowest BCUT2D eigenvalue weighted by atomic mass is 10.1. The second kappa shape index (κ2) is 4.99. The number of carbonyl (C=O) groups is 1. The Morgan fingerprint density at radius 2 is 2.29 bits per heavy atom. The van der Waals surface area contributed by atoms with E-state index in [1.54, 1.807) is 6.08 Å². The lowest BCUT2D eigenvalue weighted by Gasteiger charge is -2.13. The van der Waals surface area contributed by atoms with Crippen LogP contribution in [-0.4, -0.2) is 19.5 Å². The number of hydrogen-bond acceptors (Lipinski definition) is 3. The number of ether oxygens (including phenoxy) is 2. The van der Waals surface area contributed by atoms with Gasteiger partial charge in [-0.2, -0.15) is 0 Å². The van der Waals surface area contributed by atoms with Gasteiger partial charge in [-0.15, -0.1) is 0 Å². The summed E-state index contributed by atoms with van der Waals surface area (Å²) in [6, 6.07) is 4.13. The average Bonchev–Trinajstić information content (AvgIpc) is 2.39. The molecule has 0 atom stereocenters. The van der Waals surface area contributed by atoms with Crippen LogP contribution in [0.2, 0.25) is 0 Å². The molecule has 0 bridgehead atoms. The Balaban J connectivity index is 2.25. The summed E-state index contributed by atoms with van der Waals surface area (Å²) >= 11 is 0. The number of ketones is 1. The number of Topliss-reactive ketones (excluding diaryl/α,β-unsaturated/α-hetero) is 1. The van der Waals surface area contributed by atoms with Crippen molar-refractivity contribution in [3.8, 4) is 5.75 Å². The van der Waals surface area contributed by atoms with E-state index in [-0.39, 0.29) is 17.1 Å². The maximum Gasteiger partial charge on any atom is 0.227 e. The third kappa shape index (κ3) is 2.46. The molecule has 1 aliphatic heterocycles. The van der Waals surface area contributed by atoms with Crippen LogP contribution in [0, 0.1) is 5.82 Å². The third-order valence-electron chi connectivity index (χ3n) is 2.57. The molecule has 0 saturated carbocycles. The van der Waals surface area contributed by atoms with Gasteiger partial charge in [0.05, 0.1) is 13.7 Å². The first kappa shape index (κ1) is 11.6. The lowest BCUT2D eigenvalue weighted by Crippen LogP contribution is -2.11. The molecule has 1 heterocycles. The summed E-state index contributed by atoms with van der Waals surface area (Å²) in [7, 11) is 1.38. The Bertz CT molecular complexity index is 466. The van der Waals surface area contributed by atoms with Gasteiger partial charge in [-0.05, 0) is 37.1 Å². The van der Waals surface area contributed by atoms with Gasteiger partial charge in [0.1, 0.15) is 0 Å². The van der Waals surface area contributed by atoms with E-state index in [0.29, 0.717) is 12.4 Å². The maximum absolute atomic E-state index is 13.4. The molecule has 0 N–H and O–H groups in total. The van der Waals surface area contributed by atoms with Crippen molar-refractivity contribution in [2.75, 3.05) is 13.7 Å². The SMILES string of the molecule is COc1ccc(C(=O)C2=CCCCO2)cc1F. The van der Waals surface area contributed by atoms with Crippen LogP contribution in [0.1, 0.15) is 23.2 Å². The van der Waals surface area contributed by atoms with E-state index >= 15 is 0 Å². The van der Waals surface area contributed by atoms with E-state index < -0.39 is 5.82 Å². The fraction of sp³-hybridized carbons (Fsp3) is 0.308. The number of benzene rings is 1. The van der Waals surface area contributed by atoms with Gasteiger partial charge < -0.3 is 9.47 Å². The standard InChI is InChI=1S/C13H13FO3/c1-16-11-6-5-9(8-10(11)14)13(15)12-4-2-3-7-17-12/h4-6,8H,2-3,7H2,1H3. The van der Waals surface area contributed by atoms with E-state index in [4.69, 9.17) is 9.47 Å². The molecule has 2 rings (SSSR count). The molecule has 1 aromatic carbocycles. The first-order valence-corrected chi connectivity index (χ1v) is 5.43. The highest BCUT2D eigenvalue weighted by Gasteiger charge is 2.17. The molecule has 1 aliphatic rings. The molecule has 0 radical (unpaired) electrons. The van der Waals surface area contributed by atoms with Crippen molar-refractivity contribution in [3.63, 3.8) is 0 Å². The highest BCUT2D eigenvalue weighted by atomic mass is 19.1. The summed E-state index contributed by atoms with van der Waals surface area (Å²) in [5.41, 5.74) is 0.274. The Morgan fingerprint density at radius 3 is 2.88 bits per heavy atom. The van der Waals surface area contributed by atoms with Gasteiger partial charge in [0.2, 0.25) is 5.78 Å². The highest BCUT2D eigenvalue weighted by Crippen LogP contribution is 2.21. The minimum Gasteiger partial charge on any atom is -0.494 e. The fourth-order valence-electron chi connectivity index (χ4n) is 1.67. The third-order valence-corrected chi connectivity index (χ3v) is 2.57. The molecule has 3 nitrogen and oxygen atoms in total. The summed E-state index contributed by atoms with van der Waals surface area (Å²) in [5, 5.41) is 0. The fourth-order valence-corrected chi connectivity index (χ4v) is 1.67. The molecule has 17 heavy (non-hydrogen) atoms. The number of methoxy groups -OCH3 is 1. The minimum atomic E-state index is -0.547. The molecule has 0 aromatic heterocycles. The van der Waals surface area contributed by atoms with Crippen molar-refractivity contribution in [2.45, 2.75) is 12.8 Å². The smallest absolute Gasteiger partial charge is 0.227 e. The van der Waals surface area contributed by atoms with Gasteiger partial charge in [0.25, 0.3) is 0 Å². The van der Waals surface area contributed by atoms with Crippen LogP contribution in [0.25, 0.3) is 0 Å². The zero-order chi connectivity index (χ0) is 12.3. The number of hydrogen-bond donors (Lipinski definition) is 0. The Morgan fingerprint density at radius 1 is 1.47 bits per heavy atom. The Labute approximate surface area is 98.8 Å². The predicted octanol–water partition coefficient (Wildman–Crippen LogP) is 2.71. The van der Waals surface area contributed by atoms with Gasteiger partial charge >= 0.3 is 0 Å². The summed E-state index contributed by atoms with van der Waals surface area (Å²) in [6.07, 6.45) is 3.47. The lowest BCUT2D eigenvalue weighted by molar-refractivity contribution is 0.0898. The Hall–Kier alpha value is -1.84. The molecule has 0 amide bonds. The Kier molecular flexibility index (Phi) is 3.42. The van der Waals surface area contributed by atoms with Crippen LogP contribution in [0.5, 0.6) is 5.75 Å². The molecule has 4 heteroatoms. The van der Waals surface area contributed by atoms with Crippen LogP contribution in [-0.2, 0) is 4.74 Å². The maximum atomic E-state index is 13.4. The molecular weight excluding hydrogens is 223 g/mol. The van der Waals surface area contributed by atoms with Gasteiger partial charge in [0.15, 0.2) is 17.3 Å². The second-order valence-corrected chi connectivity index (χ2v) is 3.74. The zero-order valence-electron chi connectivity index (χ0n) is 9.53. The number of halogens is 1. The van der Waals surface area contributed by atoms with Crippen molar-refractivity contribution in [2.24, 2.45) is 0 Å². The summed E-state index contributed by atoms with van der Waals surface area (Å²) in [6.45, 7) is 0.538. The van der Waals surface area contributed by atoms with Crippen LogP contribution >= 0.6 is 0 Å². The van der Waals surface area contributed by atoms with E-state index in [2.05, 4.69) is 0 Å². The summed E-state index contributed by atoms with van der Waals surface area (Å²) in [5.74, 6) is -0.401. The normalized spacial score (nSPS) is 14.8. The van der Waals surface area contributed by atoms with Gasteiger partial charge in [-0.1, -0.05) is 0 Å². The van der Waals surface area contributed by atoms with Gasteiger partial charge in [0, 0.05) is 5.56 Å². The van der Waals surface area contributed by atoms with Gasteiger partial charge in [-0.3, -0.25) is 4.79 Å². The van der Waals surface area contributed by atoms with Crippen LogP contribution in [0.4, 0.5) is 4.39 Å². The van der Waals surface area contributed by atoms with E-state index in [1.807, 2.05) is 0 Å². The van der Waals surface area contributed by atoms with Crippen molar-refractivity contribution in [3.05, 3.63) is 41.4 Å². The van der Waals surface area contributed by atoms with Crippen LogP contribution in [0.3, 0.4) is 0 Å². The molecule has 1 aromatic rings. The number of allylic oxidation sites excluding steroid dienone is 2. The van der Waals surface area contributed by atoms with Crippen molar-refractivity contribution in [1.82, 2.24) is 0 Å². The monoisotopic (exact) mass is 236 g/mol. The first-order chi connectivity index (χ1) is 8.22. The van der Waals surface area contributed by atoms with E-state index in [1.165, 1.54) is 25.3 Å². The molecular formula is C13H13FO3. The number of carbonyl (C=O) groups excluding carboxylic acids is 1. The van der Waals surface area contributed by atoms with Crippen LogP contribution in [0.15, 0.2) is 30.0 Å².